The zero-order valence-corrected chi connectivity index (χ0v) is 7.28. The molecule has 1 aromatic rings. The van der Waals surface area contributed by atoms with Crippen LogP contribution in [-0.4, -0.2) is 16.1 Å². The zero-order chi connectivity index (χ0) is 11.6. The number of halogens is 3. The quantitative estimate of drug-likeness (QED) is 0.290. The van der Waals surface area contributed by atoms with Crippen LogP contribution in [0.3, 0.4) is 0 Å². The van der Waals surface area contributed by atoms with E-state index in [9.17, 15) is 13.2 Å². The van der Waals surface area contributed by atoms with Gasteiger partial charge in [-0.15, -0.1) is 0 Å². The number of nitrogens with zero attached hydrogens (tertiary/aromatic N) is 1. The third kappa shape index (κ3) is 2.30. The minimum absolute atomic E-state index is 0.399. The molecule has 4 N–H and O–H groups in total. The maximum atomic E-state index is 12.4. The summed E-state index contributed by atoms with van der Waals surface area (Å²) in [5.41, 5.74) is 3.41. The number of benzene rings is 1. The Morgan fingerprint density at radius 3 is 2.40 bits per heavy atom. The number of alkyl halides is 3. The molecule has 0 atom stereocenters. The van der Waals surface area contributed by atoms with Gasteiger partial charge in [0.25, 0.3) is 0 Å². The molecule has 7 heteroatoms. The van der Waals surface area contributed by atoms with E-state index in [1.54, 1.807) is 0 Å². The highest BCUT2D eigenvalue weighted by atomic mass is 19.4. The molecule has 0 heterocycles. The Morgan fingerprint density at radius 2 is 1.93 bits per heavy atom. The maximum absolute atomic E-state index is 12.4. The lowest BCUT2D eigenvalue weighted by atomic mass is 10.1. The molecule has 0 saturated heterocycles. The van der Waals surface area contributed by atoms with Gasteiger partial charge in [0.2, 0.25) is 0 Å². The number of hydrogen-bond donors (Lipinski definition) is 3. The van der Waals surface area contributed by atoms with Crippen LogP contribution in [0.1, 0.15) is 11.1 Å². The first-order chi connectivity index (χ1) is 6.86. The molecule has 1 aromatic carbocycles. The van der Waals surface area contributed by atoms with E-state index in [0.29, 0.717) is 6.07 Å². The number of oxime groups is 1. The Kier molecular flexibility index (Phi) is 2.74. The summed E-state index contributed by atoms with van der Waals surface area (Å²) in [5, 5.41) is 19.7. The first kappa shape index (κ1) is 11.2. The lowest BCUT2D eigenvalue weighted by Gasteiger charge is -2.11. The SMILES string of the molecule is N/C(=N/O)c1cc(O)ccc1C(F)(F)F. The molecule has 1 rings (SSSR count). The van der Waals surface area contributed by atoms with Crippen LogP contribution in [0, 0.1) is 0 Å². The molecule has 0 amide bonds. The molecule has 0 unspecified atom stereocenters. The predicted octanol–water partition coefficient (Wildman–Crippen LogP) is 1.51. The number of nitrogens with two attached hydrogens (primary N) is 1. The van der Waals surface area contributed by atoms with E-state index < -0.39 is 28.9 Å². The molecule has 0 saturated carbocycles. The van der Waals surface area contributed by atoms with Crippen LogP contribution in [-0.2, 0) is 6.18 Å². The fourth-order valence-corrected chi connectivity index (χ4v) is 1.05. The largest absolute Gasteiger partial charge is 0.508 e. The van der Waals surface area contributed by atoms with E-state index >= 15 is 0 Å². The molecule has 0 spiro atoms. The van der Waals surface area contributed by atoms with E-state index in [-0.39, 0.29) is 0 Å². The molecule has 0 fully saturated rings. The summed E-state index contributed by atoms with van der Waals surface area (Å²) in [6.07, 6.45) is -4.63. The molecular formula is C8H7F3N2O2. The third-order valence-corrected chi connectivity index (χ3v) is 1.69. The summed E-state index contributed by atoms with van der Waals surface area (Å²) in [6.45, 7) is 0. The van der Waals surface area contributed by atoms with Gasteiger partial charge in [0.1, 0.15) is 5.75 Å². The summed E-state index contributed by atoms with van der Waals surface area (Å²) in [7, 11) is 0. The lowest BCUT2D eigenvalue weighted by Crippen LogP contribution is -2.19. The van der Waals surface area contributed by atoms with Crippen molar-refractivity contribution in [1.82, 2.24) is 0 Å². The van der Waals surface area contributed by atoms with Crippen molar-refractivity contribution in [3.8, 4) is 5.75 Å². The normalized spacial score (nSPS) is 12.9. The average molecular weight is 220 g/mol. The standard InChI is InChI=1S/C8H7F3N2O2/c9-8(10,11)6-2-1-4(14)3-5(6)7(12)13-15/h1-3,14-15H,(H2,12,13). The van der Waals surface area contributed by atoms with Gasteiger partial charge >= 0.3 is 6.18 Å². The van der Waals surface area contributed by atoms with Gasteiger partial charge in [-0.25, -0.2) is 0 Å². The number of phenols is 1. The molecule has 0 aliphatic rings. The molecule has 0 radical (unpaired) electrons. The second-order valence-corrected chi connectivity index (χ2v) is 2.71. The summed E-state index contributed by atoms with van der Waals surface area (Å²) < 4.78 is 37.2. The van der Waals surface area contributed by atoms with Crippen LogP contribution in [0.5, 0.6) is 5.75 Å². The van der Waals surface area contributed by atoms with Crippen LogP contribution >= 0.6 is 0 Å². The Labute approximate surface area is 82.4 Å². The van der Waals surface area contributed by atoms with Crippen LogP contribution in [0.15, 0.2) is 23.4 Å². The highest BCUT2D eigenvalue weighted by Gasteiger charge is 2.34. The number of phenolic OH excluding ortho intramolecular Hbond substituents is 1. The summed E-state index contributed by atoms with van der Waals surface area (Å²) in [4.78, 5) is 0. The average Bonchev–Trinajstić information content (AvgIpc) is 2.14. The minimum atomic E-state index is -4.63. The molecular weight excluding hydrogens is 213 g/mol. The van der Waals surface area contributed by atoms with Gasteiger partial charge in [-0.3, -0.25) is 0 Å². The van der Waals surface area contributed by atoms with Gasteiger partial charge in [0.05, 0.1) is 5.56 Å². The molecule has 0 bridgehead atoms. The van der Waals surface area contributed by atoms with E-state index in [1.807, 2.05) is 0 Å². The van der Waals surface area contributed by atoms with E-state index in [4.69, 9.17) is 16.0 Å². The van der Waals surface area contributed by atoms with Crippen LogP contribution in [0.2, 0.25) is 0 Å². The summed E-state index contributed by atoms with van der Waals surface area (Å²) in [5.74, 6) is -1.11. The van der Waals surface area contributed by atoms with Crippen molar-refractivity contribution in [2.24, 2.45) is 10.9 Å². The van der Waals surface area contributed by atoms with Crippen molar-refractivity contribution in [1.29, 1.82) is 0 Å². The number of hydrogen-bond acceptors (Lipinski definition) is 3. The van der Waals surface area contributed by atoms with Crippen molar-refractivity contribution >= 4 is 5.84 Å². The lowest BCUT2D eigenvalue weighted by molar-refractivity contribution is -0.137. The van der Waals surface area contributed by atoms with Gasteiger partial charge in [0, 0.05) is 5.56 Å². The Bertz CT molecular complexity index is 401. The molecule has 82 valence electrons. The number of rotatable bonds is 1. The van der Waals surface area contributed by atoms with E-state index in [0.717, 1.165) is 12.1 Å². The Balaban J connectivity index is 3.40. The maximum Gasteiger partial charge on any atom is 0.417 e. The van der Waals surface area contributed by atoms with E-state index in [2.05, 4.69) is 5.16 Å². The molecule has 15 heavy (non-hydrogen) atoms. The fourth-order valence-electron chi connectivity index (χ4n) is 1.05. The van der Waals surface area contributed by atoms with Crippen molar-refractivity contribution in [3.05, 3.63) is 29.3 Å². The highest BCUT2D eigenvalue weighted by Crippen LogP contribution is 2.33. The number of aromatic hydroxyl groups is 1. The smallest absolute Gasteiger partial charge is 0.417 e. The minimum Gasteiger partial charge on any atom is -0.508 e. The topological polar surface area (TPSA) is 78.8 Å². The predicted molar refractivity (Wildman–Crippen MR) is 45.6 cm³/mol. The van der Waals surface area contributed by atoms with Gasteiger partial charge in [-0.1, -0.05) is 5.16 Å². The Hall–Kier alpha value is -1.92. The van der Waals surface area contributed by atoms with Crippen molar-refractivity contribution in [2.75, 3.05) is 0 Å². The first-order valence-electron chi connectivity index (χ1n) is 3.74. The summed E-state index contributed by atoms with van der Waals surface area (Å²) >= 11 is 0. The zero-order valence-electron chi connectivity index (χ0n) is 7.28. The van der Waals surface area contributed by atoms with Gasteiger partial charge < -0.3 is 16.0 Å². The van der Waals surface area contributed by atoms with Crippen LogP contribution < -0.4 is 5.73 Å². The van der Waals surface area contributed by atoms with Crippen LogP contribution in [0.4, 0.5) is 13.2 Å². The first-order valence-corrected chi connectivity index (χ1v) is 3.74. The van der Waals surface area contributed by atoms with Gasteiger partial charge in [0.15, 0.2) is 5.84 Å². The molecule has 0 aliphatic carbocycles. The van der Waals surface area contributed by atoms with Crippen LogP contribution in [0.25, 0.3) is 0 Å². The van der Waals surface area contributed by atoms with Gasteiger partial charge in [-0.2, -0.15) is 13.2 Å². The summed E-state index contributed by atoms with van der Waals surface area (Å²) in [6, 6.07) is 2.30. The van der Waals surface area contributed by atoms with Crippen molar-refractivity contribution in [3.63, 3.8) is 0 Å². The Morgan fingerprint density at radius 1 is 1.33 bits per heavy atom. The fraction of sp³-hybridized carbons (Fsp3) is 0.125. The highest BCUT2D eigenvalue weighted by molar-refractivity contribution is 5.98. The second-order valence-electron chi connectivity index (χ2n) is 2.71. The molecule has 0 aliphatic heterocycles. The van der Waals surface area contributed by atoms with Crippen molar-refractivity contribution in [2.45, 2.75) is 6.18 Å². The molecule has 0 aromatic heterocycles. The number of amidine groups is 1. The third-order valence-electron chi connectivity index (χ3n) is 1.69. The van der Waals surface area contributed by atoms with Crippen molar-refractivity contribution < 1.29 is 23.5 Å². The van der Waals surface area contributed by atoms with Gasteiger partial charge in [-0.05, 0) is 18.2 Å². The molecule has 4 nitrogen and oxygen atoms in total. The monoisotopic (exact) mass is 220 g/mol. The van der Waals surface area contributed by atoms with E-state index in [1.165, 1.54) is 0 Å². The second kappa shape index (κ2) is 3.68.